The zero-order chi connectivity index (χ0) is 76.0. The molecule has 0 heterocycles. The summed E-state index contributed by atoms with van der Waals surface area (Å²) in [7, 11) is -9.96. The Kier molecular flexibility index (Phi) is 73.7. The molecule has 0 aliphatic heterocycles. The van der Waals surface area contributed by atoms with Crippen LogP contribution in [-0.4, -0.2) is 96.7 Å². The average Bonchev–Trinajstić information content (AvgIpc) is 0.939. The predicted molar refractivity (Wildman–Crippen MR) is 427 cm³/mol. The predicted octanol–water partition coefficient (Wildman–Crippen LogP) is 24.1. The van der Waals surface area contributed by atoms with Crippen LogP contribution in [0.2, 0.25) is 0 Å². The largest absolute Gasteiger partial charge is 0.472 e. The molecule has 17 nitrogen and oxygen atoms in total. The minimum absolute atomic E-state index is 0.0766. The quantitative estimate of drug-likeness (QED) is 0.0169. The molecule has 3 N–H and O–H groups in total. The third-order valence-electron chi connectivity index (χ3n) is 17.2. The first kappa shape index (κ1) is 99.7. The van der Waals surface area contributed by atoms with Crippen LogP contribution >= 0.6 is 15.6 Å². The number of carbonyl (C=O) groups excluding carboxylic acids is 4. The van der Waals surface area contributed by atoms with Gasteiger partial charge < -0.3 is 33.8 Å². The highest BCUT2D eigenvalue weighted by Gasteiger charge is 2.30. The Morgan fingerprint density at radius 2 is 0.500 bits per heavy atom. The lowest BCUT2D eigenvalue weighted by atomic mass is 10.0. The second kappa shape index (κ2) is 76.9. The van der Waals surface area contributed by atoms with Crippen LogP contribution in [0.15, 0.2) is 109 Å². The van der Waals surface area contributed by atoms with Crippen molar-refractivity contribution in [3.8, 4) is 0 Å². The number of hydrogen-bond acceptors (Lipinski definition) is 15. The average molecular weight is 1500 g/mol. The van der Waals surface area contributed by atoms with Gasteiger partial charge in [0, 0.05) is 25.7 Å². The zero-order valence-corrected chi connectivity index (χ0v) is 67.5. The van der Waals surface area contributed by atoms with Crippen molar-refractivity contribution in [1.29, 1.82) is 0 Å². The maximum absolute atomic E-state index is 13.1. The van der Waals surface area contributed by atoms with Gasteiger partial charge in [-0.3, -0.25) is 37.3 Å². The van der Waals surface area contributed by atoms with Gasteiger partial charge in [-0.2, -0.15) is 0 Å². The van der Waals surface area contributed by atoms with Crippen LogP contribution in [-0.2, 0) is 65.4 Å². The summed E-state index contributed by atoms with van der Waals surface area (Å²) in [6.45, 7) is 4.63. The molecule has 0 spiro atoms. The van der Waals surface area contributed by atoms with Gasteiger partial charge in [-0.05, 0) is 128 Å². The van der Waals surface area contributed by atoms with E-state index in [1.165, 1.54) is 70.6 Å². The Hall–Kier alpha value is -4.28. The minimum atomic E-state index is -4.98. The zero-order valence-electron chi connectivity index (χ0n) is 65.7. The van der Waals surface area contributed by atoms with Gasteiger partial charge in [0.25, 0.3) is 0 Å². The highest BCUT2D eigenvalue weighted by Crippen LogP contribution is 2.45. The molecule has 19 heteroatoms. The van der Waals surface area contributed by atoms with Crippen LogP contribution < -0.4 is 0 Å². The van der Waals surface area contributed by atoms with Crippen LogP contribution in [0.4, 0.5) is 0 Å². The normalized spacial score (nSPS) is 14.4. The van der Waals surface area contributed by atoms with Crippen molar-refractivity contribution < 1.29 is 80.2 Å². The molecule has 5 unspecified atom stereocenters. The number of rotatable bonds is 77. The number of esters is 4. The van der Waals surface area contributed by atoms with Crippen LogP contribution in [0.25, 0.3) is 0 Å². The number of aliphatic hydroxyl groups excluding tert-OH is 1. The van der Waals surface area contributed by atoms with Crippen molar-refractivity contribution in [2.45, 2.75) is 367 Å². The summed E-state index contributed by atoms with van der Waals surface area (Å²) in [6.07, 6.45) is 83.4. The Labute approximate surface area is 632 Å². The second-order valence-electron chi connectivity index (χ2n) is 27.3. The van der Waals surface area contributed by atoms with Gasteiger partial charge in [-0.1, -0.05) is 304 Å². The Balaban J connectivity index is 5.35. The molecule has 0 aliphatic carbocycles. The molecule has 0 saturated heterocycles. The van der Waals surface area contributed by atoms with Crippen molar-refractivity contribution >= 4 is 39.5 Å². The van der Waals surface area contributed by atoms with Crippen LogP contribution in [0, 0.1) is 0 Å². The van der Waals surface area contributed by atoms with E-state index in [9.17, 15) is 43.2 Å². The van der Waals surface area contributed by atoms with E-state index in [0.717, 1.165) is 199 Å². The summed E-state index contributed by atoms with van der Waals surface area (Å²) >= 11 is 0. The SMILES string of the molecule is CC/C=C\C/C=C\C/C=C\C/C=C\CCCCCCCCC(=O)OCC(COP(=O)(O)OCC(O)COP(=O)(O)OCC(COC(=O)CCCCCCCCC/C=C\C/C=C\C/C=C\CC)OC(=O)CCCCCCC/C=C\C/C=C\CCCCC)OC(=O)CCCCCCCCCCCCCCC. The van der Waals surface area contributed by atoms with Gasteiger partial charge in [0.2, 0.25) is 0 Å². The lowest BCUT2D eigenvalue weighted by molar-refractivity contribution is -0.161. The number of hydrogen-bond donors (Lipinski definition) is 3. The fourth-order valence-electron chi connectivity index (χ4n) is 11.0. The van der Waals surface area contributed by atoms with E-state index in [4.69, 9.17) is 37.0 Å². The first-order valence-corrected chi connectivity index (χ1v) is 44.1. The van der Waals surface area contributed by atoms with Gasteiger partial charge in [0.15, 0.2) is 12.2 Å². The molecule has 0 aliphatic rings. The lowest BCUT2D eigenvalue weighted by Gasteiger charge is -2.21. The van der Waals surface area contributed by atoms with E-state index in [1.807, 2.05) is 0 Å². The molecule has 5 atom stereocenters. The molecule has 0 radical (unpaired) electrons. The standard InChI is InChI=1S/C85H148O17P2/c1-5-9-13-17-21-25-29-33-36-38-39-41-44-47-50-54-58-62-66-70-83(88)95-75-80(101-84(89)71-67-63-59-55-51-45-32-28-24-20-16-12-8-4)77-99-103(91,92)97-73-79(86)74-98-104(93,94)100-78-81(102-85(90)72-68-64-60-56-52-48-42-35-31-27-23-19-15-11-7-3)76-96-82(87)69-65-61-57-53-49-46-43-40-37-34-30-26-22-18-14-10-6-2/h9-10,13-14,21-23,25-27,33-37,39,41-42,79-81,86H,5-8,11-12,15-20,24,28-32,38,40,43-78H2,1-4H3,(H,91,92)(H,93,94)/b13-9-,14-10-,25-21-,26-22-,27-23-,36-33-,37-34-,41-39-,42-35-. The highest BCUT2D eigenvalue weighted by atomic mass is 31.2. The van der Waals surface area contributed by atoms with Gasteiger partial charge in [0.1, 0.15) is 19.3 Å². The first-order chi connectivity index (χ1) is 50.7. The number of phosphoric ester groups is 2. The van der Waals surface area contributed by atoms with Gasteiger partial charge in [-0.25, -0.2) is 9.13 Å². The summed E-state index contributed by atoms with van der Waals surface area (Å²) in [5.74, 6) is -2.20. The van der Waals surface area contributed by atoms with E-state index in [1.54, 1.807) is 0 Å². The molecule has 0 bridgehead atoms. The Bertz CT molecular complexity index is 2390. The molecule has 0 aromatic rings. The number of unbranched alkanes of at least 4 members (excludes halogenated alkanes) is 33. The summed E-state index contributed by atoms with van der Waals surface area (Å²) in [6, 6.07) is 0. The monoisotopic (exact) mass is 1500 g/mol. The maximum Gasteiger partial charge on any atom is 0.472 e. The summed E-state index contributed by atoms with van der Waals surface area (Å²) in [5, 5.41) is 10.7. The van der Waals surface area contributed by atoms with Crippen molar-refractivity contribution in [2.75, 3.05) is 39.6 Å². The summed E-state index contributed by atoms with van der Waals surface area (Å²) < 4.78 is 68.7. The number of ether oxygens (including phenoxy) is 4. The van der Waals surface area contributed by atoms with Crippen molar-refractivity contribution in [3.63, 3.8) is 0 Å². The van der Waals surface area contributed by atoms with E-state index in [-0.39, 0.29) is 25.7 Å². The highest BCUT2D eigenvalue weighted by molar-refractivity contribution is 7.47. The van der Waals surface area contributed by atoms with E-state index in [2.05, 4.69) is 137 Å². The third-order valence-corrected chi connectivity index (χ3v) is 19.1. The molecular weight excluding hydrogens is 1350 g/mol. The van der Waals surface area contributed by atoms with Crippen LogP contribution in [0.1, 0.15) is 349 Å². The molecule has 0 aromatic carbocycles. The van der Waals surface area contributed by atoms with E-state index >= 15 is 0 Å². The molecule has 104 heavy (non-hydrogen) atoms. The smallest absolute Gasteiger partial charge is 0.462 e. The molecular formula is C85H148O17P2. The molecule has 0 rings (SSSR count). The van der Waals surface area contributed by atoms with Crippen molar-refractivity contribution in [1.82, 2.24) is 0 Å². The number of carbonyl (C=O) groups is 4. The first-order valence-electron chi connectivity index (χ1n) is 41.1. The number of aliphatic hydroxyl groups is 1. The lowest BCUT2D eigenvalue weighted by Crippen LogP contribution is -2.30. The second-order valence-corrected chi connectivity index (χ2v) is 30.2. The van der Waals surface area contributed by atoms with Gasteiger partial charge in [-0.15, -0.1) is 0 Å². The van der Waals surface area contributed by atoms with E-state index < -0.39 is 97.5 Å². The van der Waals surface area contributed by atoms with Gasteiger partial charge in [0.05, 0.1) is 26.4 Å². The molecule has 0 amide bonds. The summed E-state index contributed by atoms with van der Waals surface area (Å²) in [4.78, 5) is 73.1. The molecule has 0 aromatic heterocycles. The molecule has 0 saturated carbocycles. The number of phosphoric acid groups is 2. The van der Waals surface area contributed by atoms with Crippen LogP contribution in [0.3, 0.4) is 0 Å². The Morgan fingerprint density at radius 3 is 0.788 bits per heavy atom. The maximum atomic E-state index is 13.1. The third kappa shape index (κ3) is 75.9. The van der Waals surface area contributed by atoms with Crippen LogP contribution in [0.5, 0.6) is 0 Å². The number of allylic oxidation sites excluding steroid dienone is 18. The van der Waals surface area contributed by atoms with Crippen molar-refractivity contribution in [2.24, 2.45) is 0 Å². The minimum Gasteiger partial charge on any atom is -0.462 e. The Morgan fingerprint density at radius 1 is 0.279 bits per heavy atom. The molecule has 600 valence electrons. The fraction of sp³-hybridized carbons (Fsp3) is 0.741. The fourth-order valence-corrected chi connectivity index (χ4v) is 12.6. The topological polar surface area (TPSA) is 237 Å². The van der Waals surface area contributed by atoms with Gasteiger partial charge >= 0.3 is 39.5 Å². The van der Waals surface area contributed by atoms with E-state index in [0.29, 0.717) is 25.7 Å². The molecule has 0 fully saturated rings. The van der Waals surface area contributed by atoms with Crippen molar-refractivity contribution in [3.05, 3.63) is 109 Å². The summed E-state index contributed by atoms with van der Waals surface area (Å²) in [5.41, 5.74) is 0.